The number of rotatable bonds is 1. The van der Waals surface area contributed by atoms with Gasteiger partial charge in [0.05, 0.1) is 0 Å². The smallest absolute Gasteiger partial charge is 0.00631 e. The molecule has 86 valence electrons. The van der Waals surface area contributed by atoms with Crippen LogP contribution in [0, 0.1) is 5.92 Å². The molecule has 2 aliphatic rings. The van der Waals surface area contributed by atoms with Gasteiger partial charge < -0.3 is 0 Å². The van der Waals surface area contributed by atoms with Crippen LogP contribution in [0.5, 0.6) is 0 Å². The Morgan fingerprint density at radius 3 is 3.00 bits per heavy atom. The highest BCUT2D eigenvalue weighted by molar-refractivity contribution is 9.09. The van der Waals surface area contributed by atoms with Crippen molar-refractivity contribution in [2.75, 3.05) is 5.33 Å². The molecule has 2 atom stereocenters. The normalized spacial score (nSPS) is 32.2. The Morgan fingerprint density at radius 1 is 1.38 bits per heavy atom. The molecule has 1 heteroatoms. The Balaban J connectivity index is 2.14. The molecule has 1 aromatic rings. The summed E-state index contributed by atoms with van der Waals surface area (Å²) in [6, 6.07) is 6.97. The lowest BCUT2D eigenvalue weighted by Gasteiger charge is -2.44. The van der Waals surface area contributed by atoms with E-state index in [0.717, 1.165) is 11.2 Å². The molecule has 0 bridgehead atoms. The molecule has 0 saturated carbocycles. The summed E-state index contributed by atoms with van der Waals surface area (Å²) >= 11 is 3.68. The summed E-state index contributed by atoms with van der Waals surface area (Å²) in [6.07, 6.45) is 6.73. The first-order valence-electron chi connectivity index (χ1n) is 6.40. The van der Waals surface area contributed by atoms with E-state index in [2.05, 4.69) is 41.1 Å². The zero-order valence-electron chi connectivity index (χ0n) is 9.93. The Labute approximate surface area is 107 Å². The van der Waals surface area contributed by atoms with E-state index in [-0.39, 0.29) is 0 Å². The fraction of sp³-hybridized carbons (Fsp3) is 0.600. The molecule has 0 aromatic heterocycles. The van der Waals surface area contributed by atoms with Crippen LogP contribution in [0.15, 0.2) is 18.2 Å². The maximum atomic E-state index is 3.68. The minimum atomic E-state index is 0.473. The van der Waals surface area contributed by atoms with Gasteiger partial charge in [-0.15, -0.1) is 0 Å². The second kappa shape index (κ2) is 3.87. The molecule has 0 heterocycles. The third-order valence-corrected chi connectivity index (χ3v) is 5.40. The van der Waals surface area contributed by atoms with Crippen LogP contribution in [0.25, 0.3) is 0 Å². The summed E-state index contributed by atoms with van der Waals surface area (Å²) in [5, 5.41) is 1.16. The molecular formula is C15H19Br. The first-order chi connectivity index (χ1) is 7.73. The maximum absolute atomic E-state index is 3.68. The topological polar surface area (TPSA) is 0 Å². The van der Waals surface area contributed by atoms with Gasteiger partial charge in [-0.05, 0) is 60.1 Å². The van der Waals surface area contributed by atoms with Crippen molar-refractivity contribution in [3.05, 3.63) is 34.9 Å². The van der Waals surface area contributed by atoms with Gasteiger partial charge in [0.25, 0.3) is 0 Å². The van der Waals surface area contributed by atoms with Crippen molar-refractivity contribution in [3.63, 3.8) is 0 Å². The van der Waals surface area contributed by atoms with Crippen molar-refractivity contribution in [1.82, 2.24) is 0 Å². The van der Waals surface area contributed by atoms with Crippen LogP contribution in [-0.4, -0.2) is 5.33 Å². The minimum Gasteiger partial charge on any atom is -0.0925 e. The molecule has 2 aliphatic carbocycles. The molecule has 0 spiro atoms. The summed E-state index contributed by atoms with van der Waals surface area (Å²) in [5.74, 6) is 0.839. The van der Waals surface area contributed by atoms with Gasteiger partial charge in [-0.3, -0.25) is 0 Å². The van der Waals surface area contributed by atoms with Crippen LogP contribution >= 0.6 is 15.9 Å². The van der Waals surface area contributed by atoms with Gasteiger partial charge in [0.1, 0.15) is 0 Å². The zero-order valence-corrected chi connectivity index (χ0v) is 11.5. The first kappa shape index (κ1) is 10.8. The lowest BCUT2D eigenvalue weighted by atomic mass is 9.61. The van der Waals surface area contributed by atoms with E-state index in [1.165, 1.54) is 32.1 Å². The van der Waals surface area contributed by atoms with Gasteiger partial charge in [0.15, 0.2) is 0 Å². The standard InChI is InChI=1S/C15H19Br/c1-15-7-3-6-12-4-2-5-13(14(12)15)8-11(9-15)10-16/h2,4-5,11H,3,6-10H2,1H3/t11-,15-/m1/s1. The van der Waals surface area contributed by atoms with Crippen molar-refractivity contribution in [3.8, 4) is 0 Å². The molecule has 0 amide bonds. The van der Waals surface area contributed by atoms with Crippen LogP contribution in [-0.2, 0) is 18.3 Å². The maximum Gasteiger partial charge on any atom is 0.00631 e. The highest BCUT2D eigenvalue weighted by Gasteiger charge is 2.39. The monoisotopic (exact) mass is 278 g/mol. The number of alkyl halides is 1. The van der Waals surface area contributed by atoms with Gasteiger partial charge in [-0.2, -0.15) is 0 Å². The van der Waals surface area contributed by atoms with Gasteiger partial charge >= 0.3 is 0 Å². The summed E-state index contributed by atoms with van der Waals surface area (Å²) < 4.78 is 0. The third-order valence-electron chi connectivity index (χ3n) is 4.48. The molecule has 3 rings (SSSR count). The second-order valence-corrected chi connectivity index (χ2v) is 6.44. The number of aryl methyl sites for hydroxylation is 1. The fourth-order valence-corrected chi connectivity index (χ4v) is 4.39. The van der Waals surface area contributed by atoms with Gasteiger partial charge in [0.2, 0.25) is 0 Å². The molecule has 0 nitrogen and oxygen atoms in total. The minimum absolute atomic E-state index is 0.473. The average molecular weight is 279 g/mol. The van der Waals surface area contributed by atoms with Crippen LogP contribution in [0.2, 0.25) is 0 Å². The van der Waals surface area contributed by atoms with E-state index in [0.29, 0.717) is 5.41 Å². The highest BCUT2D eigenvalue weighted by Crippen LogP contribution is 2.47. The molecule has 0 fully saturated rings. The van der Waals surface area contributed by atoms with Crippen molar-refractivity contribution in [2.45, 2.75) is 44.4 Å². The predicted octanol–water partition coefficient (Wildman–Crippen LogP) is 4.24. The largest absolute Gasteiger partial charge is 0.0925 e. The van der Waals surface area contributed by atoms with Gasteiger partial charge in [-0.1, -0.05) is 41.1 Å². The summed E-state index contributed by atoms with van der Waals surface area (Å²) in [4.78, 5) is 0. The van der Waals surface area contributed by atoms with Crippen LogP contribution in [0.4, 0.5) is 0 Å². The highest BCUT2D eigenvalue weighted by atomic mass is 79.9. The average Bonchev–Trinajstić information content (AvgIpc) is 2.28. The Kier molecular flexibility index (Phi) is 2.62. The molecule has 0 radical (unpaired) electrons. The SMILES string of the molecule is C[C@]12CCCc3cccc(c31)C[C@@H](CBr)C2. The Hall–Kier alpha value is -0.300. The van der Waals surface area contributed by atoms with E-state index in [4.69, 9.17) is 0 Å². The lowest BCUT2D eigenvalue weighted by Crippen LogP contribution is -2.36. The number of hydrogen-bond donors (Lipinski definition) is 0. The molecule has 0 N–H and O–H groups in total. The molecule has 1 aromatic carbocycles. The van der Waals surface area contributed by atoms with Crippen molar-refractivity contribution >= 4 is 15.9 Å². The van der Waals surface area contributed by atoms with E-state index >= 15 is 0 Å². The summed E-state index contributed by atoms with van der Waals surface area (Å²) in [7, 11) is 0. The third kappa shape index (κ3) is 1.55. The molecular weight excluding hydrogens is 260 g/mol. The molecule has 0 aliphatic heterocycles. The molecule has 16 heavy (non-hydrogen) atoms. The van der Waals surface area contributed by atoms with Gasteiger partial charge in [-0.25, -0.2) is 0 Å². The van der Waals surface area contributed by atoms with Crippen molar-refractivity contribution in [2.24, 2.45) is 5.92 Å². The Morgan fingerprint density at radius 2 is 2.19 bits per heavy atom. The van der Waals surface area contributed by atoms with Crippen LogP contribution in [0.3, 0.4) is 0 Å². The van der Waals surface area contributed by atoms with E-state index in [9.17, 15) is 0 Å². The quantitative estimate of drug-likeness (QED) is 0.675. The number of hydrogen-bond acceptors (Lipinski definition) is 0. The number of benzene rings is 1. The number of halogens is 1. The lowest BCUT2D eigenvalue weighted by molar-refractivity contribution is 0.287. The van der Waals surface area contributed by atoms with Gasteiger partial charge in [0, 0.05) is 5.33 Å². The summed E-state index contributed by atoms with van der Waals surface area (Å²) in [6.45, 7) is 2.49. The first-order valence-corrected chi connectivity index (χ1v) is 7.52. The molecule has 0 saturated heterocycles. The molecule has 0 unspecified atom stereocenters. The Bertz CT molecular complexity index is 410. The van der Waals surface area contributed by atoms with E-state index < -0.39 is 0 Å². The van der Waals surface area contributed by atoms with Crippen LogP contribution < -0.4 is 0 Å². The van der Waals surface area contributed by atoms with E-state index in [1.807, 2.05) is 0 Å². The second-order valence-electron chi connectivity index (χ2n) is 5.79. The fourth-order valence-electron chi connectivity index (χ4n) is 3.93. The van der Waals surface area contributed by atoms with Crippen molar-refractivity contribution < 1.29 is 0 Å². The van der Waals surface area contributed by atoms with E-state index in [1.54, 1.807) is 16.7 Å². The van der Waals surface area contributed by atoms with Crippen molar-refractivity contribution in [1.29, 1.82) is 0 Å². The summed E-state index contributed by atoms with van der Waals surface area (Å²) in [5.41, 5.74) is 5.47. The van der Waals surface area contributed by atoms with Crippen LogP contribution in [0.1, 0.15) is 42.9 Å². The predicted molar refractivity (Wildman–Crippen MR) is 72.3 cm³/mol. The zero-order chi connectivity index (χ0) is 11.2.